The normalized spacial score (nSPS) is 12.0. The molecule has 0 spiro atoms. The molecule has 21 heavy (non-hydrogen) atoms. The van der Waals surface area contributed by atoms with Crippen LogP contribution in [0.2, 0.25) is 0 Å². The molecule has 3 N–H and O–H groups in total. The molecule has 0 fully saturated rings. The summed E-state index contributed by atoms with van der Waals surface area (Å²) < 4.78 is 0. The van der Waals surface area contributed by atoms with E-state index in [0.717, 1.165) is 5.69 Å². The summed E-state index contributed by atoms with van der Waals surface area (Å²) in [4.78, 5) is 14.4. The molecule has 4 nitrogen and oxygen atoms in total. The van der Waals surface area contributed by atoms with E-state index in [1.165, 1.54) is 9.75 Å². The van der Waals surface area contributed by atoms with Gasteiger partial charge in [-0.2, -0.15) is 0 Å². The first-order valence-corrected chi connectivity index (χ1v) is 7.74. The van der Waals surface area contributed by atoms with Crippen LogP contribution in [0.3, 0.4) is 0 Å². The third-order valence-corrected chi connectivity index (χ3v) is 4.28. The number of carbonyl (C=O) groups is 1. The van der Waals surface area contributed by atoms with Crippen molar-refractivity contribution in [2.75, 3.05) is 18.5 Å². The van der Waals surface area contributed by atoms with Gasteiger partial charge >= 0.3 is 0 Å². The second-order valence-electron chi connectivity index (χ2n) is 4.87. The Labute approximate surface area is 128 Å². The number of aliphatic hydroxyl groups is 1. The lowest BCUT2D eigenvalue weighted by Crippen LogP contribution is -2.26. The van der Waals surface area contributed by atoms with Gasteiger partial charge in [0.1, 0.15) is 0 Å². The summed E-state index contributed by atoms with van der Waals surface area (Å²) in [6, 6.07) is 11.8. The fourth-order valence-corrected chi connectivity index (χ4v) is 2.91. The zero-order valence-electron chi connectivity index (χ0n) is 12.2. The van der Waals surface area contributed by atoms with Crippen LogP contribution in [-0.2, 0) is 0 Å². The molecule has 2 rings (SSSR count). The Kier molecular flexibility index (Phi) is 5.36. The molecule has 0 aliphatic heterocycles. The summed E-state index contributed by atoms with van der Waals surface area (Å²) in [5.74, 6) is -0.174. The maximum Gasteiger partial charge on any atom is 0.251 e. The molecule has 0 aliphatic rings. The molecule has 2 aromatic rings. The van der Waals surface area contributed by atoms with Crippen LogP contribution in [0.25, 0.3) is 0 Å². The second-order valence-corrected chi connectivity index (χ2v) is 6.19. The number of thiophene rings is 1. The molecule has 0 bridgehead atoms. The molecule has 0 radical (unpaired) electrons. The van der Waals surface area contributed by atoms with Crippen LogP contribution >= 0.6 is 11.3 Å². The molecule has 5 heteroatoms. The molecule has 112 valence electrons. The highest BCUT2D eigenvalue weighted by atomic mass is 32.1. The van der Waals surface area contributed by atoms with Gasteiger partial charge in [0.05, 0.1) is 12.6 Å². The number of anilines is 1. The molecule has 0 saturated heterocycles. The highest BCUT2D eigenvalue weighted by Gasteiger charge is 2.09. The van der Waals surface area contributed by atoms with Gasteiger partial charge in [0, 0.05) is 27.5 Å². The number of amides is 1. The van der Waals surface area contributed by atoms with E-state index in [-0.39, 0.29) is 25.1 Å². The number of hydrogen-bond acceptors (Lipinski definition) is 4. The summed E-state index contributed by atoms with van der Waals surface area (Å²) in [6.07, 6.45) is 0. The molecular weight excluding hydrogens is 284 g/mol. The van der Waals surface area contributed by atoms with Gasteiger partial charge in [0.2, 0.25) is 0 Å². The maximum atomic E-state index is 11.9. The number of hydrogen-bond donors (Lipinski definition) is 3. The summed E-state index contributed by atoms with van der Waals surface area (Å²) in [7, 11) is 0. The molecular formula is C16H20N2O2S. The Hall–Kier alpha value is -1.85. The number of aryl methyl sites for hydroxylation is 1. The molecule has 1 atom stereocenters. The minimum Gasteiger partial charge on any atom is -0.395 e. The van der Waals surface area contributed by atoms with Crippen molar-refractivity contribution in [1.29, 1.82) is 0 Å². The standard InChI is InChI=1S/C16H20N2O2S/c1-11-6-7-15(21-11)12(2)18-14-5-3-4-13(10-14)16(20)17-8-9-19/h3-7,10,12,18-19H,8-9H2,1-2H3,(H,17,20). The summed E-state index contributed by atoms with van der Waals surface area (Å²) >= 11 is 1.77. The van der Waals surface area contributed by atoms with Crippen molar-refractivity contribution >= 4 is 22.9 Å². The fraction of sp³-hybridized carbons (Fsp3) is 0.312. The highest BCUT2D eigenvalue weighted by molar-refractivity contribution is 7.12. The number of benzene rings is 1. The average molecular weight is 304 g/mol. The zero-order valence-corrected chi connectivity index (χ0v) is 13.0. The molecule has 1 unspecified atom stereocenters. The average Bonchev–Trinajstić information content (AvgIpc) is 2.91. The topological polar surface area (TPSA) is 61.4 Å². The van der Waals surface area contributed by atoms with E-state index < -0.39 is 0 Å². The minimum atomic E-state index is -0.174. The van der Waals surface area contributed by atoms with E-state index in [1.807, 2.05) is 18.2 Å². The third-order valence-electron chi connectivity index (χ3n) is 3.09. The molecule has 1 amide bonds. The molecule has 1 aromatic heterocycles. The van der Waals surface area contributed by atoms with Crippen LogP contribution in [0, 0.1) is 6.92 Å². The lowest BCUT2D eigenvalue weighted by atomic mass is 10.1. The third kappa shape index (κ3) is 4.31. The van der Waals surface area contributed by atoms with Crippen molar-refractivity contribution in [2.24, 2.45) is 0 Å². The predicted molar refractivity (Wildman–Crippen MR) is 87.0 cm³/mol. The van der Waals surface area contributed by atoms with Crippen LogP contribution in [0.5, 0.6) is 0 Å². The van der Waals surface area contributed by atoms with Crippen LogP contribution < -0.4 is 10.6 Å². The van der Waals surface area contributed by atoms with Gasteiger partial charge in [-0.3, -0.25) is 4.79 Å². The van der Waals surface area contributed by atoms with Crippen molar-refractivity contribution < 1.29 is 9.90 Å². The smallest absolute Gasteiger partial charge is 0.251 e. The van der Waals surface area contributed by atoms with Crippen molar-refractivity contribution in [2.45, 2.75) is 19.9 Å². The highest BCUT2D eigenvalue weighted by Crippen LogP contribution is 2.26. The first-order valence-electron chi connectivity index (χ1n) is 6.92. The van der Waals surface area contributed by atoms with Gasteiger partial charge in [-0.25, -0.2) is 0 Å². The monoisotopic (exact) mass is 304 g/mol. The van der Waals surface area contributed by atoms with Gasteiger partial charge in [-0.15, -0.1) is 11.3 Å². The Balaban J connectivity index is 2.05. The van der Waals surface area contributed by atoms with E-state index in [1.54, 1.807) is 17.4 Å². The SMILES string of the molecule is Cc1ccc(C(C)Nc2cccc(C(=O)NCCO)c2)s1. The number of rotatable bonds is 6. The predicted octanol–water partition coefficient (Wildman–Crippen LogP) is 2.95. The first-order chi connectivity index (χ1) is 10.1. The van der Waals surface area contributed by atoms with Gasteiger partial charge < -0.3 is 15.7 Å². The van der Waals surface area contributed by atoms with E-state index >= 15 is 0 Å². The second kappa shape index (κ2) is 7.24. The maximum absolute atomic E-state index is 11.9. The number of carbonyl (C=O) groups excluding carboxylic acids is 1. The van der Waals surface area contributed by atoms with E-state index in [9.17, 15) is 4.79 Å². The quantitative estimate of drug-likeness (QED) is 0.769. The van der Waals surface area contributed by atoms with Crippen molar-refractivity contribution in [3.05, 3.63) is 51.7 Å². The van der Waals surface area contributed by atoms with E-state index in [4.69, 9.17) is 5.11 Å². The Morgan fingerprint density at radius 3 is 2.81 bits per heavy atom. The van der Waals surface area contributed by atoms with Crippen molar-refractivity contribution in [1.82, 2.24) is 5.32 Å². The van der Waals surface area contributed by atoms with Gasteiger partial charge in [-0.1, -0.05) is 6.07 Å². The van der Waals surface area contributed by atoms with Gasteiger partial charge in [0.25, 0.3) is 5.91 Å². The largest absolute Gasteiger partial charge is 0.395 e. The minimum absolute atomic E-state index is 0.0571. The Morgan fingerprint density at radius 2 is 2.14 bits per heavy atom. The fourth-order valence-electron chi connectivity index (χ4n) is 2.03. The summed E-state index contributed by atoms with van der Waals surface area (Å²) in [5.41, 5.74) is 1.49. The lowest BCUT2D eigenvalue weighted by Gasteiger charge is -2.14. The first kappa shape index (κ1) is 15.5. The zero-order chi connectivity index (χ0) is 15.2. The Bertz CT molecular complexity index is 610. The van der Waals surface area contributed by atoms with Crippen LogP contribution in [0.4, 0.5) is 5.69 Å². The van der Waals surface area contributed by atoms with Crippen LogP contribution in [-0.4, -0.2) is 24.2 Å². The summed E-state index contributed by atoms with van der Waals surface area (Å²) in [5, 5.41) is 14.8. The van der Waals surface area contributed by atoms with Crippen LogP contribution in [0.15, 0.2) is 36.4 Å². The Morgan fingerprint density at radius 1 is 1.33 bits per heavy atom. The number of aliphatic hydroxyl groups excluding tert-OH is 1. The van der Waals surface area contributed by atoms with Crippen LogP contribution in [0.1, 0.15) is 33.1 Å². The number of nitrogens with one attached hydrogen (secondary N) is 2. The van der Waals surface area contributed by atoms with Gasteiger partial charge in [-0.05, 0) is 44.2 Å². The summed E-state index contributed by atoms with van der Waals surface area (Å²) in [6.45, 7) is 4.40. The van der Waals surface area contributed by atoms with Crippen molar-refractivity contribution in [3.8, 4) is 0 Å². The van der Waals surface area contributed by atoms with Gasteiger partial charge in [0.15, 0.2) is 0 Å². The van der Waals surface area contributed by atoms with Crippen molar-refractivity contribution in [3.63, 3.8) is 0 Å². The van der Waals surface area contributed by atoms with E-state index in [2.05, 4.69) is 36.6 Å². The molecule has 0 saturated carbocycles. The molecule has 1 heterocycles. The molecule has 0 aliphatic carbocycles. The lowest BCUT2D eigenvalue weighted by molar-refractivity contribution is 0.0945. The molecule has 1 aromatic carbocycles. The van der Waals surface area contributed by atoms with E-state index in [0.29, 0.717) is 5.56 Å².